The molecule has 0 fully saturated rings. The van der Waals surface area contributed by atoms with Gasteiger partial charge in [0.05, 0.1) is 10.6 Å². The number of para-hydroxylation sites is 1. The van der Waals surface area contributed by atoms with Gasteiger partial charge in [-0.15, -0.1) is 0 Å². The van der Waals surface area contributed by atoms with Gasteiger partial charge in [-0.1, -0.05) is 32.9 Å². The van der Waals surface area contributed by atoms with Crippen LogP contribution in [-0.4, -0.2) is 26.6 Å². The Morgan fingerprint density at radius 3 is 2.35 bits per heavy atom. The Morgan fingerprint density at radius 2 is 1.85 bits per heavy atom. The van der Waals surface area contributed by atoms with E-state index in [9.17, 15) is 13.2 Å². The first-order chi connectivity index (χ1) is 9.01. The minimum absolute atomic E-state index is 0.109. The normalized spacial score (nSPS) is 13.8. The predicted octanol–water partition coefficient (Wildman–Crippen LogP) is 1.79. The smallest absolute Gasteiger partial charge is 0.225 e. The first-order valence-electron chi connectivity index (χ1n) is 6.36. The number of nitrogens with two attached hydrogens (primary N) is 1. The highest BCUT2D eigenvalue weighted by Crippen LogP contribution is 2.23. The van der Waals surface area contributed by atoms with Gasteiger partial charge in [-0.3, -0.25) is 4.79 Å². The molecule has 0 aromatic heterocycles. The van der Waals surface area contributed by atoms with Crippen molar-refractivity contribution in [3.05, 3.63) is 24.3 Å². The van der Waals surface area contributed by atoms with E-state index in [0.717, 1.165) is 6.26 Å². The highest BCUT2D eigenvalue weighted by Gasteiger charge is 2.24. The van der Waals surface area contributed by atoms with E-state index in [0.29, 0.717) is 5.69 Å². The number of amides is 1. The second-order valence-electron chi connectivity index (χ2n) is 5.99. The zero-order valence-corrected chi connectivity index (χ0v) is 13.1. The van der Waals surface area contributed by atoms with Crippen LogP contribution >= 0.6 is 0 Å². The Labute approximate surface area is 120 Å². The van der Waals surface area contributed by atoms with Gasteiger partial charge in [0.2, 0.25) is 5.91 Å². The molecule has 1 amide bonds. The number of hydrogen-bond acceptors (Lipinski definition) is 4. The molecule has 0 saturated carbocycles. The minimum atomic E-state index is -3.38. The Kier molecular flexibility index (Phi) is 4.94. The van der Waals surface area contributed by atoms with Crippen LogP contribution in [0.3, 0.4) is 0 Å². The maximum Gasteiger partial charge on any atom is 0.225 e. The van der Waals surface area contributed by atoms with Crippen LogP contribution in [0, 0.1) is 5.41 Å². The lowest BCUT2D eigenvalue weighted by molar-refractivity contribution is -0.117. The highest BCUT2D eigenvalue weighted by atomic mass is 32.2. The maximum absolute atomic E-state index is 12.0. The molecule has 1 atom stereocenters. The summed E-state index contributed by atoms with van der Waals surface area (Å²) in [6.45, 7) is 5.86. The maximum atomic E-state index is 12.0. The van der Waals surface area contributed by atoms with E-state index < -0.39 is 9.84 Å². The molecule has 112 valence electrons. The van der Waals surface area contributed by atoms with Gasteiger partial charge in [-0.2, -0.15) is 0 Å². The van der Waals surface area contributed by atoms with Gasteiger partial charge in [0.25, 0.3) is 0 Å². The Balaban J connectivity index is 2.88. The molecule has 0 bridgehead atoms. The molecule has 0 saturated heterocycles. The lowest BCUT2D eigenvalue weighted by Gasteiger charge is -2.26. The molecule has 6 heteroatoms. The van der Waals surface area contributed by atoms with Crippen molar-refractivity contribution < 1.29 is 13.2 Å². The van der Waals surface area contributed by atoms with Crippen molar-refractivity contribution in [3.8, 4) is 0 Å². The molecule has 20 heavy (non-hydrogen) atoms. The van der Waals surface area contributed by atoms with E-state index in [1.807, 2.05) is 20.8 Å². The third-order valence-electron chi connectivity index (χ3n) is 3.08. The fourth-order valence-corrected chi connectivity index (χ4v) is 2.44. The lowest BCUT2D eigenvalue weighted by Crippen LogP contribution is -2.38. The summed E-state index contributed by atoms with van der Waals surface area (Å²) in [6.07, 6.45) is 1.25. The van der Waals surface area contributed by atoms with E-state index in [4.69, 9.17) is 5.73 Å². The minimum Gasteiger partial charge on any atom is -0.327 e. The Bertz CT molecular complexity index is 589. The van der Waals surface area contributed by atoms with Gasteiger partial charge in [-0.25, -0.2) is 8.42 Å². The van der Waals surface area contributed by atoms with Gasteiger partial charge in [0.1, 0.15) is 0 Å². The lowest BCUT2D eigenvalue weighted by atomic mass is 9.85. The monoisotopic (exact) mass is 298 g/mol. The number of rotatable bonds is 4. The van der Waals surface area contributed by atoms with Crippen LogP contribution in [-0.2, 0) is 14.6 Å². The summed E-state index contributed by atoms with van der Waals surface area (Å²) in [5.74, 6) is -0.288. The molecule has 5 nitrogen and oxygen atoms in total. The number of sulfone groups is 1. The number of nitrogens with one attached hydrogen (secondary N) is 1. The van der Waals surface area contributed by atoms with Crippen LogP contribution in [0.1, 0.15) is 27.2 Å². The summed E-state index contributed by atoms with van der Waals surface area (Å²) < 4.78 is 23.3. The van der Waals surface area contributed by atoms with Crippen molar-refractivity contribution in [2.75, 3.05) is 11.6 Å². The van der Waals surface area contributed by atoms with Crippen LogP contribution in [0.5, 0.6) is 0 Å². The van der Waals surface area contributed by atoms with Gasteiger partial charge < -0.3 is 11.1 Å². The quantitative estimate of drug-likeness (QED) is 0.887. The number of carbonyl (C=O) groups excluding carboxylic acids is 1. The zero-order valence-electron chi connectivity index (χ0n) is 12.3. The molecule has 0 aliphatic rings. The molecule has 0 aliphatic heterocycles. The van der Waals surface area contributed by atoms with E-state index in [-0.39, 0.29) is 28.7 Å². The van der Waals surface area contributed by atoms with E-state index in [2.05, 4.69) is 5.32 Å². The van der Waals surface area contributed by atoms with E-state index in [1.165, 1.54) is 6.07 Å². The molecular weight excluding hydrogens is 276 g/mol. The topological polar surface area (TPSA) is 89.3 Å². The Hall–Kier alpha value is -1.40. The largest absolute Gasteiger partial charge is 0.327 e. The molecule has 3 N–H and O–H groups in total. The van der Waals surface area contributed by atoms with Crippen molar-refractivity contribution in [3.63, 3.8) is 0 Å². The average Bonchev–Trinajstić information content (AvgIpc) is 2.26. The van der Waals surface area contributed by atoms with Gasteiger partial charge in [-0.05, 0) is 17.5 Å². The molecule has 0 heterocycles. The number of hydrogen-bond donors (Lipinski definition) is 2. The average molecular weight is 298 g/mol. The first kappa shape index (κ1) is 16.7. The summed E-state index contributed by atoms with van der Waals surface area (Å²) in [6, 6.07) is 6.03. The van der Waals surface area contributed by atoms with Gasteiger partial charge in [0.15, 0.2) is 9.84 Å². The summed E-state index contributed by atoms with van der Waals surface area (Å²) in [5, 5.41) is 2.62. The molecule has 0 radical (unpaired) electrons. The van der Waals surface area contributed by atoms with Crippen LogP contribution in [0.25, 0.3) is 0 Å². The summed E-state index contributed by atoms with van der Waals surface area (Å²) in [7, 11) is -3.38. The standard InChI is InChI=1S/C14H22N2O3S/c1-14(2,3)12(15)9-13(17)16-10-7-5-6-8-11(10)20(4,18)19/h5-8,12H,9,15H2,1-4H3,(H,16,17). The molecular formula is C14H22N2O3S. The summed E-state index contributed by atoms with van der Waals surface area (Å²) in [4.78, 5) is 12.1. The molecule has 1 aromatic carbocycles. The number of benzene rings is 1. The summed E-state index contributed by atoms with van der Waals surface area (Å²) in [5.41, 5.74) is 6.06. The van der Waals surface area contributed by atoms with Crippen molar-refractivity contribution in [2.24, 2.45) is 11.1 Å². The van der Waals surface area contributed by atoms with Crippen molar-refractivity contribution >= 4 is 21.4 Å². The third-order valence-corrected chi connectivity index (χ3v) is 4.23. The van der Waals surface area contributed by atoms with E-state index >= 15 is 0 Å². The SMILES string of the molecule is CC(C)(C)C(N)CC(=O)Nc1ccccc1S(C)(=O)=O. The van der Waals surface area contributed by atoms with Crippen LogP contribution in [0.15, 0.2) is 29.2 Å². The molecule has 0 spiro atoms. The predicted molar refractivity (Wildman–Crippen MR) is 80.2 cm³/mol. The second kappa shape index (κ2) is 5.93. The van der Waals surface area contributed by atoms with Crippen molar-refractivity contribution in [1.82, 2.24) is 0 Å². The van der Waals surface area contributed by atoms with Crippen molar-refractivity contribution in [1.29, 1.82) is 0 Å². The third kappa shape index (κ3) is 4.61. The van der Waals surface area contributed by atoms with E-state index in [1.54, 1.807) is 18.2 Å². The van der Waals surface area contributed by atoms with Crippen LogP contribution < -0.4 is 11.1 Å². The molecule has 1 unspecified atom stereocenters. The molecule has 0 aliphatic carbocycles. The Morgan fingerprint density at radius 1 is 1.30 bits per heavy atom. The van der Waals surface area contributed by atoms with Crippen LogP contribution in [0.4, 0.5) is 5.69 Å². The first-order valence-corrected chi connectivity index (χ1v) is 8.25. The zero-order chi connectivity index (χ0) is 15.6. The number of anilines is 1. The van der Waals surface area contributed by atoms with Crippen LogP contribution in [0.2, 0.25) is 0 Å². The second-order valence-corrected chi connectivity index (χ2v) is 7.98. The van der Waals surface area contributed by atoms with Crippen molar-refractivity contribution in [2.45, 2.75) is 38.1 Å². The van der Waals surface area contributed by atoms with Gasteiger partial charge in [0, 0.05) is 18.7 Å². The molecule has 1 aromatic rings. The fraction of sp³-hybridized carbons (Fsp3) is 0.500. The summed E-state index contributed by atoms with van der Waals surface area (Å²) >= 11 is 0. The molecule has 1 rings (SSSR count). The van der Waals surface area contributed by atoms with Gasteiger partial charge >= 0.3 is 0 Å². The highest BCUT2D eigenvalue weighted by molar-refractivity contribution is 7.90. The fourth-order valence-electron chi connectivity index (χ4n) is 1.60. The number of carbonyl (C=O) groups is 1.